The molecule has 0 saturated carbocycles. The van der Waals surface area contributed by atoms with Crippen molar-refractivity contribution in [2.75, 3.05) is 0 Å². The molecule has 6 heteroatoms. The highest BCUT2D eigenvalue weighted by Gasteiger charge is 2.16. The van der Waals surface area contributed by atoms with E-state index in [0.29, 0.717) is 10.6 Å². The van der Waals surface area contributed by atoms with E-state index in [0.717, 1.165) is 0 Å². The molecule has 1 aromatic heterocycles. The number of hydrogen-bond donors (Lipinski definition) is 1. The van der Waals surface area contributed by atoms with Crippen molar-refractivity contribution < 1.29 is 14.0 Å². The molecule has 100 valence electrons. The summed E-state index contributed by atoms with van der Waals surface area (Å²) in [5.41, 5.74) is 0.570. The van der Waals surface area contributed by atoms with Gasteiger partial charge in [-0.15, -0.1) is 0 Å². The zero-order valence-corrected chi connectivity index (χ0v) is 10.8. The lowest BCUT2D eigenvalue weighted by atomic mass is 10.2. The Kier molecular flexibility index (Phi) is 3.12. The summed E-state index contributed by atoms with van der Waals surface area (Å²) in [6, 6.07) is 10.6. The molecule has 0 radical (unpaired) electrons. The lowest BCUT2D eigenvalue weighted by Crippen LogP contribution is -1.86. The Morgan fingerprint density at radius 1 is 1.10 bits per heavy atom. The van der Waals surface area contributed by atoms with Crippen LogP contribution >= 0.6 is 11.6 Å². The normalized spacial score (nSPS) is 10.7. The van der Waals surface area contributed by atoms with Crippen LogP contribution in [0.5, 0.6) is 5.75 Å². The van der Waals surface area contributed by atoms with Crippen LogP contribution in [0.1, 0.15) is 0 Å². The molecule has 3 rings (SSSR count). The van der Waals surface area contributed by atoms with Gasteiger partial charge in [0, 0.05) is 5.02 Å². The zero-order chi connectivity index (χ0) is 14.1. The number of halogens is 2. The van der Waals surface area contributed by atoms with E-state index >= 15 is 0 Å². The maximum atomic E-state index is 13.6. The van der Waals surface area contributed by atoms with Gasteiger partial charge in [-0.2, -0.15) is 4.98 Å². The van der Waals surface area contributed by atoms with Crippen LogP contribution < -0.4 is 0 Å². The first-order valence-electron chi connectivity index (χ1n) is 5.72. The Balaban J connectivity index is 2.04. The quantitative estimate of drug-likeness (QED) is 0.777. The molecule has 3 aromatic rings. The lowest BCUT2D eigenvalue weighted by molar-refractivity contribution is 0.425. The number of rotatable bonds is 2. The molecule has 0 aliphatic rings. The maximum absolute atomic E-state index is 13.6. The van der Waals surface area contributed by atoms with Crippen molar-refractivity contribution >= 4 is 11.6 Å². The number of phenols is 1. The van der Waals surface area contributed by atoms with Crippen LogP contribution in [0.3, 0.4) is 0 Å². The van der Waals surface area contributed by atoms with Crippen molar-refractivity contribution in [2.24, 2.45) is 0 Å². The van der Waals surface area contributed by atoms with Gasteiger partial charge in [-0.05, 0) is 30.3 Å². The Bertz CT molecular complexity index is 773. The number of hydrogen-bond acceptors (Lipinski definition) is 4. The minimum absolute atomic E-state index is 0.0822. The van der Waals surface area contributed by atoms with Crippen molar-refractivity contribution in [1.29, 1.82) is 0 Å². The van der Waals surface area contributed by atoms with E-state index in [-0.39, 0.29) is 23.0 Å². The molecule has 0 atom stereocenters. The largest absolute Gasteiger partial charge is 0.507 e. The van der Waals surface area contributed by atoms with Gasteiger partial charge in [0.2, 0.25) is 5.82 Å². The van der Waals surface area contributed by atoms with Gasteiger partial charge in [0.1, 0.15) is 11.6 Å². The molecule has 2 aromatic carbocycles. The first-order chi connectivity index (χ1) is 9.65. The van der Waals surface area contributed by atoms with Crippen LogP contribution in [0.25, 0.3) is 22.8 Å². The predicted octanol–water partition coefficient (Wildman–Crippen LogP) is 3.90. The minimum atomic E-state index is -0.444. The van der Waals surface area contributed by atoms with Crippen molar-refractivity contribution in [3.05, 3.63) is 53.3 Å². The van der Waals surface area contributed by atoms with Gasteiger partial charge in [-0.1, -0.05) is 28.9 Å². The molecule has 0 aliphatic heterocycles. The Labute approximate surface area is 118 Å². The van der Waals surface area contributed by atoms with Gasteiger partial charge in [0.05, 0.1) is 11.1 Å². The van der Waals surface area contributed by atoms with E-state index < -0.39 is 5.82 Å². The smallest absolute Gasteiger partial charge is 0.262 e. The van der Waals surface area contributed by atoms with Crippen LogP contribution in [-0.4, -0.2) is 15.2 Å². The van der Waals surface area contributed by atoms with Gasteiger partial charge in [0.25, 0.3) is 5.89 Å². The van der Waals surface area contributed by atoms with Crippen LogP contribution in [0, 0.1) is 5.82 Å². The fourth-order valence-corrected chi connectivity index (χ4v) is 1.94. The van der Waals surface area contributed by atoms with Crippen molar-refractivity contribution in [1.82, 2.24) is 10.1 Å². The molecule has 20 heavy (non-hydrogen) atoms. The van der Waals surface area contributed by atoms with Crippen LogP contribution in [-0.2, 0) is 0 Å². The molecule has 0 spiro atoms. The summed E-state index contributed by atoms with van der Waals surface area (Å²) < 4.78 is 18.7. The Morgan fingerprint density at radius 2 is 1.90 bits per heavy atom. The summed E-state index contributed by atoms with van der Waals surface area (Å²) in [7, 11) is 0. The monoisotopic (exact) mass is 290 g/mol. The van der Waals surface area contributed by atoms with E-state index in [2.05, 4.69) is 10.1 Å². The Hall–Kier alpha value is -2.40. The average molecular weight is 291 g/mol. The number of aromatic hydroxyl groups is 1. The first kappa shape index (κ1) is 12.6. The van der Waals surface area contributed by atoms with Gasteiger partial charge in [-0.3, -0.25) is 0 Å². The second-order valence-corrected chi connectivity index (χ2v) is 4.50. The number of aromatic nitrogens is 2. The van der Waals surface area contributed by atoms with E-state index in [1.54, 1.807) is 30.3 Å². The molecular formula is C14H8ClFN2O2. The molecule has 1 heterocycles. The van der Waals surface area contributed by atoms with E-state index in [4.69, 9.17) is 16.1 Å². The fourth-order valence-electron chi connectivity index (χ4n) is 1.77. The summed E-state index contributed by atoms with van der Waals surface area (Å²) in [5.74, 6) is -0.314. The van der Waals surface area contributed by atoms with Crippen molar-refractivity contribution in [2.45, 2.75) is 0 Å². The van der Waals surface area contributed by atoms with Gasteiger partial charge in [0.15, 0.2) is 0 Å². The second kappa shape index (κ2) is 4.94. The number of phenolic OH excluding ortho intramolecular Hbond substituents is 1. The highest BCUT2D eigenvalue weighted by atomic mass is 35.5. The van der Waals surface area contributed by atoms with Crippen LogP contribution in [0.15, 0.2) is 47.0 Å². The molecule has 4 nitrogen and oxygen atoms in total. The number of nitrogens with zero attached hydrogens (tertiary/aromatic N) is 2. The minimum Gasteiger partial charge on any atom is -0.507 e. The first-order valence-corrected chi connectivity index (χ1v) is 6.10. The predicted molar refractivity (Wildman–Crippen MR) is 71.8 cm³/mol. The third-order valence-electron chi connectivity index (χ3n) is 2.73. The van der Waals surface area contributed by atoms with E-state index in [9.17, 15) is 9.50 Å². The van der Waals surface area contributed by atoms with Gasteiger partial charge >= 0.3 is 0 Å². The van der Waals surface area contributed by atoms with Crippen molar-refractivity contribution in [3.63, 3.8) is 0 Å². The molecular weight excluding hydrogens is 283 g/mol. The molecule has 0 saturated heterocycles. The van der Waals surface area contributed by atoms with E-state index in [1.807, 2.05) is 0 Å². The summed E-state index contributed by atoms with van der Waals surface area (Å²) in [5, 5.41) is 13.9. The fraction of sp³-hybridized carbons (Fsp3) is 0. The topological polar surface area (TPSA) is 59.2 Å². The lowest BCUT2D eigenvalue weighted by Gasteiger charge is -1.99. The van der Waals surface area contributed by atoms with E-state index in [1.165, 1.54) is 12.1 Å². The second-order valence-electron chi connectivity index (χ2n) is 4.06. The molecule has 0 fully saturated rings. The summed E-state index contributed by atoms with van der Waals surface area (Å²) in [4.78, 5) is 4.08. The standard InChI is InChI=1S/C14H8ClFN2O2/c15-8-5-6-10(12(19)7-8)14-17-13(18-20-14)9-3-1-2-4-11(9)16/h1-7,19H. The van der Waals surface area contributed by atoms with Gasteiger partial charge in [-0.25, -0.2) is 4.39 Å². The van der Waals surface area contributed by atoms with Crippen LogP contribution in [0.4, 0.5) is 4.39 Å². The molecule has 1 N–H and O–H groups in total. The number of benzene rings is 2. The molecule has 0 amide bonds. The summed E-state index contributed by atoms with van der Waals surface area (Å²) in [6.45, 7) is 0. The van der Waals surface area contributed by atoms with Crippen molar-refractivity contribution in [3.8, 4) is 28.6 Å². The Morgan fingerprint density at radius 3 is 2.65 bits per heavy atom. The average Bonchev–Trinajstić information content (AvgIpc) is 2.88. The highest BCUT2D eigenvalue weighted by Crippen LogP contribution is 2.31. The third-order valence-corrected chi connectivity index (χ3v) is 2.97. The summed E-state index contributed by atoms with van der Waals surface area (Å²) >= 11 is 5.75. The summed E-state index contributed by atoms with van der Waals surface area (Å²) in [6.07, 6.45) is 0. The molecule has 0 unspecified atom stereocenters. The van der Waals surface area contributed by atoms with Crippen LogP contribution in [0.2, 0.25) is 5.02 Å². The third kappa shape index (κ3) is 2.23. The molecule has 0 aliphatic carbocycles. The zero-order valence-electron chi connectivity index (χ0n) is 10.0. The highest BCUT2D eigenvalue weighted by molar-refractivity contribution is 6.30. The maximum Gasteiger partial charge on any atom is 0.262 e. The SMILES string of the molecule is Oc1cc(Cl)ccc1-c1nc(-c2ccccc2F)no1. The molecule has 0 bridgehead atoms. The van der Waals surface area contributed by atoms with Gasteiger partial charge < -0.3 is 9.63 Å².